The van der Waals surface area contributed by atoms with Crippen molar-refractivity contribution in [3.05, 3.63) is 88.1 Å². The fraction of sp³-hybridized carbons (Fsp3) is 0.357. The molecule has 6 rings (SSSR count). The summed E-state index contributed by atoms with van der Waals surface area (Å²) in [5.74, 6) is 0.319. The fourth-order valence-corrected chi connectivity index (χ4v) is 6.21. The number of thiophene rings is 1. The predicted octanol–water partition coefficient (Wildman–Crippen LogP) is 5.24. The number of rotatable bonds is 8. The van der Waals surface area contributed by atoms with E-state index in [1.807, 2.05) is 79.0 Å². The Balaban J connectivity index is 1.31. The second-order valence-corrected chi connectivity index (χ2v) is 10.6. The van der Waals surface area contributed by atoms with Crippen molar-refractivity contribution in [1.29, 1.82) is 0 Å². The Morgan fingerprint density at radius 3 is 2.38 bits per heavy atom. The van der Waals surface area contributed by atoms with Gasteiger partial charge in [0.25, 0.3) is 0 Å². The van der Waals surface area contributed by atoms with Crippen molar-refractivity contribution in [2.75, 3.05) is 31.5 Å². The Labute approximate surface area is 205 Å². The molecule has 3 aliphatic rings. The Kier molecular flexibility index (Phi) is 6.53. The van der Waals surface area contributed by atoms with E-state index < -0.39 is 6.04 Å². The second-order valence-electron chi connectivity index (χ2n) is 9.71. The number of aryl methyl sites for hydroxylation is 1. The molecular formula is C28H31N2O3S+. The minimum absolute atomic E-state index is 0.156. The number of piperidine rings is 3. The average Bonchev–Trinajstić information content (AvgIpc) is 3.31. The van der Waals surface area contributed by atoms with Crippen LogP contribution in [-0.2, 0) is 9.53 Å². The maximum Gasteiger partial charge on any atom is 0.333 e. The highest BCUT2D eigenvalue weighted by Gasteiger charge is 2.49. The Morgan fingerprint density at radius 2 is 1.74 bits per heavy atom. The third-order valence-electron chi connectivity index (χ3n) is 7.25. The van der Waals surface area contributed by atoms with Crippen molar-refractivity contribution in [3.8, 4) is 0 Å². The smallest absolute Gasteiger partial charge is 0.333 e. The van der Waals surface area contributed by atoms with Crippen LogP contribution in [0.25, 0.3) is 0 Å². The summed E-state index contributed by atoms with van der Waals surface area (Å²) in [6.45, 7) is 5.21. The lowest BCUT2D eigenvalue weighted by atomic mass is 9.83. The number of carbonyl (C=O) groups is 2. The molecule has 2 bridgehead atoms. The summed E-state index contributed by atoms with van der Waals surface area (Å²) in [5, 5.41) is 5.39. The number of esters is 1. The van der Waals surface area contributed by atoms with E-state index in [4.69, 9.17) is 4.74 Å². The van der Waals surface area contributed by atoms with Gasteiger partial charge in [0, 0.05) is 24.4 Å². The fourth-order valence-electron chi connectivity index (χ4n) is 5.38. The van der Waals surface area contributed by atoms with Crippen LogP contribution in [0.5, 0.6) is 0 Å². The van der Waals surface area contributed by atoms with Crippen LogP contribution in [0, 0.1) is 12.8 Å². The van der Waals surface area contributed by atoms with Gasteiger partial charge in [0.2, 0.25) is 5.78 Å². The SMILES string of the molecule is Cc1csc(C(=O)C[N+]23CCC(CC2)[C@@H](OC(=O)[C@H](Nc2ccccc2)c2ccccc2)C3)c1. The number of Topliss-reactive ketones (excluding diaryl/α,β-unsaturated/α-hetero) is 1. The molecule has 2 aromatic carbocycles. The zero-order chi connectivity index (χ0) is 23.5. The molecule has 0 radical (unpaired) electrons. The van der Waals surface area contributed by atoms with Crippen LogP contribution in [0.4, 0.5) is 5.69 Å². The highest BCUT2D eigenvalue weighted by Crippen LogP contribution is 2.37. The summed E-state index contributed by atoms with van der Waals surface area (Å²) in [7, 11) is 0. The molecule has 4 heterocycles. The van der Waals surface area contributed by atoms with Crippen molar-refractivity contribution in [3.63, 3.8) is 0 Å². The molecule has 0 spiro atoms. The highest BCUT2D eigenvalue weighted by atomic mass is 32.1. The van der Waals surface area contributed by atoms with E-state index in [0.29, 0.717) is 12.5 Å². The number of carbonyl (C=O) groups excluding carboxylic acids is 2. The van der Waals surface area contributed by atoms with Gasteiger partial charge in [0.05, 0.1) is 18.0 Å². The van der Waals surface area contributed by atoms with Gasteiger partial charge in [-0.25, -0.2) is 4.79 Å². The number of hydrogen-bond acceptors (Lipinski definition) is 5. The van der Waals surface area contributed by atoms with E-state index in [0.717, 1.165) is 58.7 Å². The molecule has 0 amide bonds. The Hall–Kier alpha value is -2.96. The summed E-state index contributed by atoms with van der Waals surface area (Å²) >= 11 is 1.53. The molecule has 1 N–H and O–H groups in total. The number of ether oxygens (including phenoxy) is 1. The zero-order valence-electron chi connectivity index (χ0n) is 19.5. The van der Waals surface area contributed by atoms with Crippen LogP contribution < -0.4 is 5.32 Å². The minimum atomic E-state index is -0.580. The van der Waals surface area contributed by atoms with Crippen LogP contribution in [0.1, 0.15) is 39.7 Å². The van der Waals surface area contributed by atoms with E-state index in [2.05, 4.69) is 5.32 Å². The molecule has 2 atom stereocenters. The number of para-hydroxylation sites is 1. The molecule has 34 heavy (non-hydrogen) atoms. The first-order valence-electron chi connectivity index (χ1n) is 12.0. The van der Waals surface area contributed by atoms with Crippen LogP contribution in [-0.4, -0.2) is 48.5 Å². The van der Waals surface area contributed by atoms with Crippen LogP contribution in [0.2, 0.25) is 0 Å². The Morgan fingerprint density at radius 1 is 1.06 bits per heavy atom. The largest absolute Gasteiger partial charge is 0.454 e. The summed E-state index contributed by atoms with van der Waals surface area (Å²) in [6.07, 6.45) is 1.84. The number of anilines is 1. The van der Waals surface area contributed by atoms with Crippen molar-refractivity contribution >= 4 is 28.8 Å². The molecule has 6 heteroatoms. The first-order valence-corrected chi connectivity index (χ1v) is 12.9. The van der Waals surface area contributed by atoms with E-state index in [-0.39, 0.29) is 17.9 Å². The predicted molar refractivity (Wildman–Crippen MR) is 135 cm³/mol. The molecule has 0 saturated carbocycles. The molecule has 5 nitrogen and oxygen atoms in total. The summed E-state index contributed by atoms with van der Waals surface area (Å²) in [6, 6.07) is 20.9. The number of ketones is 1. The number of nitrogens with zero attached hydrogens (tertiary/aromatic N) is 1. The normalized spacial score (nSPS) is 24.4. The van der Waals surface area contributed by atoms with Gasteiger partial charge in [-0.05, 0) is 41.6 Å². The lowest BCUT2D eigenvalue weighted by Gasteiger charge is -2.51. The van der Waals surface area contributed by atoms with E-state index in [1.165, 1.54) is 11.3 Å². The molecule has 3 saturated heterocycles. The van der Waals surface area contributed by atoms with Crippen LogP contribution in [0.15, 0.2) is 72.1 Å². The molecule has 176 valence electrons. The standard InChI is InChI=1S/C28H31N2O3S/c1-20-16-26(34-19-20)24(31)17-30-14-12-21(13-15-30)25(18-30)33-28(32)27(22-8-4-2-5-9-22)29-23-10-6-3-7-11-23/h2-11,16,19,21,25,27,29H,12-15,17-18H2,1H3/q+1/t21?,25-,27+,30?/m0/s1. The lowest BCUT2D eigenvalue weighted by molar-refractivity contribution is -0.938. The molecular weight excluding hydrogens is 444 g/mol. The van der Waals surface area contributed by atoms with Gasteiger partial charge in [-0.1, -0.05) is 48.5 Å². The summed E-state index contributed by atoms with van der Waals surface area (Å²) in [5.41, 5.74) is 2.89. The first kappa shape index (κ1) is 22.8. The second kappa shape index (κ2) is 9.72. The topological polar surface area (TPSA) is 55.4 Å². The molecule has 3 fully saturated rings. The van der Waals surface area contributed by atoms with Gasteiger partial charge in [-0.3, -0.25) is 4.79 Å². The Bertz CT molecular complexity index is 1140. The van der Waals surface area contributed by atoms with Crippen molar-refractivity contribution < 1.29 is 18.8 Å². The number of hydrogen-bond donors (Lipinski definition) is 1. The molecule has 0 aliphatic carbocycles. The number of benzene rings is 2. The quantitative estimate of drug-likeness (QED) is 0.275. The van der Waals surface area contributed by atoms with E-state index >= 15 is 0 Å². The third-order valence-corrected chi connectivity index (χ3v) is 8.34. The van der Waals surface area contributed by atoms with Crippen LogP contribution >= 0.6 is 11.3 Å². The maximum absolute atomic E-state index is 13.5. The lowest BCUT2D eigenvalue weighted by Crippen LogP contribution is -2.65. The van der Waals surface area contributed by atoms with Crippen molar-refractivity contribution in [1.82, 2.24) is 0 Å². The average molecular weight is 476 g/mol. The molecule has 1 aromatic heterocycles. The van der Waals surface area contributed by atoms with E-state index in [9.17, 15) is 9.59 Å². The van der Waals surface area contributed by atoms with Crippen LogP contribution in [0.3, 0.4) is 0 Å². The number of nitrogens with one attached hydrogen (secondary N) is 1. The van der Waals surface area contributed by atoms with Gasteiger partial charge in [0.1, 0.15) is 13.1 Å². The van der Waals surface area contributed by atoms with Crippen molar-refractivity contribution in [2.24, 2.45) is 5.92 Å². The zero-order valence-corrected chi connectivity index (χ0v) is 20.3. The monoisotopic (exact) mass is 475 g/mol. The third kappa shape index (κ3) is 4.93. The minimum Gasteiger partial charge on any atom is -0.454 e. The van der Waals surface area contributed by atoms with Gasteiger partial charge in [-0.15, -0.1) is 11.3 Å². The van der Waals surface area contributed by atoms with Gasteiger partial charge in [-0.2, -0.15) is 0 Å². The summed E-state index contributed by atoms with van der Waals surface area (Å²) < 4.78 is 6.93. The van der Waals surface area contributed by atoms with Crippen molar-refractivity contribution in [2.45, 2.75) is 31.9 Å². The summed E-state index contributed by atoms with van der Waals surface area (Å²) in [4.78, 5) is 27.3. The number of fused-ring (bicyclic) bond motifs is 3. The first-order chi connectivity index (χ1) is 16.5. The number of quaternary nitrogens is 1. The van der Waals surface area contributed by atoms with E-state index in [1.54, 1.807) is 0 Å². The highest BCUT2D eigenvalue weighted by molar-refractivity contribution is 7.12. The van der Waals surface area contributed by atoms with Gasteiger partial charge < -0.3 is 14.5 Å². The maximum atomic E-state index is 13.5. The molecule has 0 unspecified atom stereocenters. The molecule has 3 aromatic rings. The van der Waals surface area contributed by atoms with Gasteiger partial charge >= 0.3 is 5.97 Å². The molecule has 3 aliphatic heterocycles. The van der Waals surface area contributed by atoms with Gasteiger partial charge in [0.15, 0.2) is 12.1 Å².